The van der Waals surface area contributed by atoms with Crippen molar-refractivity contribution in [2.45, 2.75) is 13.3 Å². The van der Waals surface area contributed by atoms with Gasteiger partial charge in [0, 0.05) is 19.2 Å². The molecule has 4 nitrogen and oxygen atoms in total. The van der Waals surface area contributed by atoms with Gasteiger partial charge in [-0.2, -0.15) is 0 Å². The van der Waals surface area contributed by atoms with Gasteiger partial charge in [-0.25, -0.2) is 4.39 Å². The molecule has 0 radical (unpaired) electrons. The fourth-order valence-electron chi connectivity index (χ4n) is 1.26. The molecule has 0 saturated carbocycles. The fraction of sp³-hybridized carbons (Fsp3) is 0.462. The van der Waals surface area contributed by atoms with Crippen molar-refractivity contribution in [1.29, 1.82) is 0 Å². The number of aliphatic hydroxyl groups is 1. The number of amides is 1. The number of aliphatic hydroxyl groups excluding tert-OH is 1. The second-order valence-electron chi connectivity index (χ2n) is 4.15. The Kier molecular flexibility index (Phi) is 6.14. The summed E-state index contributed by atoms with van der Waals surface area (Å²) in [6.45, 7) is 2.52. The van der Waals surface area contributed by atoms with Crippen molar-refractivity contribution in [2.75, 3.05) is 19.8 Å². The maximum atomic E-state index is 12.8. The predicted molar refractivity (Wildman–Crippen MR) is 65.8 cm³/mol. The Morgan fingerprint density at radius 1 is 1.56 bits per heavy atom. The molecule has 0 saturated heterocycles. The summed E-state index contributed by atoms with van der Waals surface area (Å²) in [5.74, 6) is -0.0648. The highest BCUT2D eigenvalue weighted by molar-refractivity contribution is 5.75. The van der Waals surface area contributed by atoms with E-state index in [0.717, 1.165) is 0 Å². The van der Waals surface area contributed by atoms with Crippen LogP contribution in [0.5, 0.6) is 5.75 Å². The van der Waals surface area contributed by atoms with Gasteiger partial charge in [0.2, 0.25) is 5.91 Å². The molecule has 18 heavy (non-hydrogen) atoms. The second-order valence-corrected chi connectivity index (χ2v) is 4.15. The van der Waals surface area contributed by atoms with Crippen LogP contribution in [0.15, 0.2) is 24.3 Å². The molecule has 0 aliphatic carbocycles. The van der Waals surface area contributed by atoms with E-state index < -0.39 is 0 Å². The topological polar surface area (TPSA) is 58.6 Å². The highest BCUT2D eigenvalue weighted by atomic mass is 19.1. The third-order valence-electron chi connectivity index (χ3n) is 2.35. The average molecular weight is 255 g/mol. The maximum absolute atomic E-state index is 12.8. The van der Waals surface area contributed by atoms with Crippen LogP contribution >= 0.6 is 0 Å². The van der Waals surface area contributed by atoms with Crippen molar-refractivity contribution in [3.63, 3.8) is 0 Å². The smallest absolute Gasteiger partial charge is 0.223 e. The summed E-state index contributed by atoms with van der Waals surface area (Å²) in [6.07, 6.45) is 0.203. The monoisotopic (exact) mass is 255 g/mol. The van der Waals surface area contributed by atoms with Crippen LogP contribution in [0, 0.1) is 11.7 Å². The minimum absolute atomic E-state index is 0.0399. The first kappa shape index (κ1) is 14.4. The molecule has 0 heterocycles. The van der Waals surface area contributed by atoms with E-state index in [-0.39, 0.29) is 37.3 Å². The number of halogens is 1. The molecule has 0 aliphatic heterocycles. The van der Waals surface area contributed by atoms with Gasteiger partial charge in [-0.3, -0.25) is 4.79 Å². The third-order valence-corrected chi connectivity index (χ3v) is 2.35. The highest BCUT2D eigenvalue weighted by Crippen LogP contribution is 2.11. The summed E-state index contributed by atoms with van der Waals surface area (Å²) >= 11 is 0. The van der Waals surface area contributed by atoms with Gasteiger partial charge in [0.1, 0.15) is 11.6 Å². The minimum Gasteiger partial charge on any atom is -0.493 e. The summed E-state index contributed by atoms with van der Waals surface area (Å²) in [4.78, 5) is 11.4. The van der Waals surface area contributed by atoms with Crippen molar-refractivity contribution in [1.82, 2.24) is 5.32 Å². The van der Waals surface area contributed by atoms with Crippen molar-refractivity contribution in [3.05, 3.63) is 30.1 Å². The second kappa shape index (κ2) is 7.66. The Balaban J connectivity index is 2.19. The van der Waals surface area contributed by atoms with Crippen molar-refractivity contribution >= 4 is 5.91 Å². The molecule has 0 aliphatic rings. The Bertz CT molecular complexity index is 384. The van der Waals surface area contributed by atoms with Gasteiger partial charge in [-0.05, 0) is 18.1 Å². The van der Waals surface area contributed by atoms with Crippen LogP contribution in [0.3, 0.4) is 0 Å². The van der Waals surface area contributed by atoms with Gasteiger partial charge < -0.3 is 15.2 Å². The maximum Gasteiger partial charge on any atom is 0.223 e. The molecule has 1 unspecified atom stereocenters. The van der Waals surface area contributed by atoms with E-state index in [4.69, 9.17) is 9.84 Å². The first-order valence-electron chi connectivity index (χ1n) is 5.87. The van der Waals surface area contributed by atoms with Gasteiger partial charge in [0.05, 0.1) is 13.0 Å². The Hall–Kier alpha value is -1.62. The summed E-state index contributed by atoms with van der Waals surface area (Å²) in [5, 5.41) is 11.5. The van der Waals surface area contributed by atoms with Crippen LogP contribution in [0.4, 0.5) is 4.39 Å². The number of benzene rings is 1. The van der Waals surface area contributed by atoms with E-state index in [2.05, 4.69) is 5.32 Å². The molecule has 2 N–H and O–H groups in total. The lowest BCUT2D eigenvalue weighted by atomic mass is 10.2. The lowest BCUT2D eigenvalue weighted by Gasteiger charge is -2.10. The molecule has 0 bridgehead atoms. The number of hydrogen-bond acceptors (Lipinski definition) is 3. The first-order valence-corrected chi connectivity index (χ1v) is 5.87. The Morgan fingerprint density at radius 2 is 2.33 bits per heavy atom. The van der Waals surface area contributed by atoms with Gasteiger partial charge in [0.15, 0.2) is 0 Å². The Morgan fingerprint density at radius 3 is 3.00 bits per heavy atom. The molecule has 1 aromatic rings. The van der Waals surface area contributed by atoms with Crippen molar-refractivity contribution in [2.24, 2.45) is 5.92 Å². The largest absolute Gasteiger partial charge is 0.493 e. The van der Waals surface area contributed by atoms with E-state index in [1.165, 1.54) is 12.1 Å². The number of ether oxygens (including phenoxy) is 1. The first-order chi connectivity index (χ1) is 8.61. The average Bonchev–Trinajstić information content (AvgIpc) is 2.36. The van der Waals surface area contributed by atoms with Crippen LogP contribution in [-0.2, 0) is 4.79 Å². The molecular formula is C13H18FNO3. The van der Waals surface area contributed by atoms with Gasteiger partial charge >= 0.3 is 0 Å². The lowest BCUT2D eigenvalue weighted by Crippen LogP contribution is -2.30. The zero-order valence-electron chi connectivity index (χ0n) is 10.4. The fourth-order valence-corrected chi connectivity index (χ4v) is 1.26. The molecule has 1 rings (SSSR count). The number of rotatable bonds is 7. The van der Waals surface area contributed by atoms with Crippen LogP contribution in [0.25, 0.3) is 0 Å². The zero-order chi connectivity index (χ0) is 13.4. The normalized spacial score (nSPS) is 11.9. The number of nitrogens with one attached hydrogen (secondary N) is 1. The van der Waals surface area contributed by atoms with E-state index in [1.807, 2.05) is 6.92 Å². The summed E-state index contributed by atoms with van der Waals surface area (Å²) in [7, 11) is 0. The number of carbonyl (C=O) groups is 1. The molecular weight excluding hydrogens is 237 g/mol. The molecule has 100 valence electrons. The standard InChI is InChI=1S/C13H18FNO3/c1-10(9-16)8-15-13(17)5-6-18-12-4-2-3-11(14)7-12/h2-4,7,10,16H,5-6,8-9H2,1H3,(H,15,17). The zero-order valence-corrected chi connectivity index (χ0v) is 10.4. The van der Waals surface area contributed by atoms with Crippen LogP contribution in [-0.4, -0.2) is 30.8 Å². The number of carbonyl (C=O) groups excluding carboxylic acids is 1. The summed E-state index contributed by atoms with van der Waals surface area (Å²) in [5.41, 5.74) is 0. The summed E-state index contributed by atoms with van der Waals surface area (Å²) < 4.78 is 18.1. The lowest BCUT2D eigenvalue weighted by molar-refractivity contribution is -0.121. The van der Waals surface area contributed by atoms with Gasteiger partial charge in [-0.1, -0.05) is 13.0 Å². The SMILES string of the molecule is CC(CO)CNC(=O)CCOc1cccc(F)c1. The van der Waals surface area contributed by atoms with E-state index in [1.54, 1.807) is 12.1 Å². The molecule has 0 spiro atoms. The summed E-state index contributed by atoms with van der Waals surface area (Å²) in [6, 6.07) is 5.78. The van der Waals surface area contributed by atoms with E-state index >= 15 is 0 Å². The van der Waals surface area contributed by atoms with Crippen LogP contribution in [0.2, 0.25) is 0 Å². The van der Waals surface area contributed by atoms with Crippen molar-refractivity contribution < 1.29 is 19.0 Å². The molecule has 1 aromatic carbocycles. The molecule has 1 atom stereocenters. The van der Waals surface area contributed by atoms with Gasteiger partial charge in [-0.15, -0.1) is 0 Å². The Labute approximate surface area is 106 Å². The van der Waals surface area contributed by atoms with Crippen LogP contribution in [0.1, 0.15) is 13.3 Å². The van der Waals surface area contributed by atoms with Crippen LogP contribution < -0.4 is 10.1 Å². The molecule has 5 heteroatoms. The molecule has 1 amide bonds. The van der Waals surface area contributed by atoms with E-state index in [9.17, 15) is 9.18 Å². The van der Waals surface area contributed by atoms with Gasteiger partial charge in [0.25, 0.3) is 0 Å². The van der Waals surface area contributed by atoms with E-state index in [0.29, 0.717) is 12.3 Å². The minimum atomic E-state index is -0.367. The molecule has 0 fully saturated rings. The third kappa shape index (κ3) is 5.63. The highest BCUT2D eigenvalue weighted by Gasteiger charge is 2.05. The molecule has 0 aromatic heterocycles. The predicted octanol–water partition coefficient (Wildman–Crippen LogP) is 1.34. The number of hydrogen-bond donors (Lipinski definition) is 2. The van der Waals surface area contributed by atoms with Crippen molar-refractivity contribution in [3.8, 4) is 5.75 Å². The quantitative estimate of drug-likeness (QED) is 0.773.